The topological polar surface area (TPSA) is 49.9 Å². The molecule has 2 fully saturated rings. The molecule has 18 heavy (non-hydrogen) atoms. The van der Waals surface area contributed by atoms with Crippen LogP contribution in [-0.4, -0.2) is 59.5 Å². The summed E-state index contributed by atoms with van der Waals surface area (Å²) in [6.45, 7) is 6.85. The van der Waals surface area contributed by atoms with E-state index in [0.717, 1.165) is 19.4 Å². The summed E-state index contributed by atoms with van der Waals surface area (Å²) >= 11 is 0. The molecule has 0 bridgehead atoms. The molecular formula is C13H22N2O3. The lowest BCUT2D eigenvalue weighted by molar-refractivity contribution is -0.162. The van der Waals surface area contributed by atoms with E-state index in [1.54, 1.807) is 23.8 Å². The SMILES string of the molecule is COC(C)(C)CN1C(=O)C2CCCN2C(=O)C1C. The number of hydrogen-bond donors (Lipinski definition) is 0. The quantitative estimate of drug-likeness (QED) is 0.742. The van der Waals surface area contributed by atoms with Gasteiger partial charge in [0.2, 0.25) is 11.8 Å². The highest BCUT2D eigenvalue weighted by molar-refractivity contribution is 5.97. The minimum absolute atomic E-state index is 0.0732. The molecule has 2 aliphatic heterocycles. The van der Waals surface area contributed by atoms with Crippen molar-refractivity contribution in [2.75, 3.05) is 20.2 Å². The Balaban J connectivity index is 2.19. The molecule has 0 spiro atoms. The van der Waals surface area contributed by atoms with Crippen LogP contribution < -0.4 is 0 Å². The number of nitrogens with zero attached hydrogens (tertiary/aromatic N) is 2. The third kappa shape index (κ3) is 2.11. The molecule has 2 saturated heterocycles. The van der Waals surface area contributed by atoms with Gasteiger partial charge in [-0.15, -0.1) is 0 Å². The monoisotopic (exact) mass is 254 g/mol. The van der Waals surface area contributed by atoms with Gasteiger partial charge in [-0.25, -0.2) is 0 Å². The minimum atomic E-state index is -0.426. The average Bonchev–Trinajstić information content (AvgIpc) is 2.81. The predicted octanol–water partition coefficient (Wildman–Crippen LogP) is 0.633. The number of carbonyl (C=O) groups excluding carboxylic acids is 2. The fourth-order valence-electron chi connectivity index (χ4n) is 2.73. The van der Waals surface area contributed by atoms with Gasteiger partial charge in [0.05, 0.1) is 5.60 Å². The molecule has 0 aromatic rings. The zero-order valence-electron chi connectivity index (χ0n) is 11.6. The van der Waals surface area contributed by atoms with Gasteiger partial charge in [0.1, 0.15) is 12.1 Å². The lowest BCUT2D eigenvalue weighted by Gasteiger charge is -2.43. The number of amides is 2. The largest absolute Gasteiger partial charge is 0.377 e. The van der Waals surface area contributed by atoms with E-state index in [1.807, 2.05) is 13.8 Å². The Morgan fingerprint density at radius 1 is 1.33 bits per heavy atom. The minimum Gasteiger partial charge on any atom is -0.377 e. The molecule has 0 aromatic carbocycles. The molecular weight excluding hydrogens is 232 g/mol. The van der Waals surface area contributed by atoms with Gasteiger partial charge in [0.25, 0.3) is 0 Å². The maximum Gasteiger partial charge on any atom is 0.246 e. The Bertz CT molecular complexity index is 367. The molecule has 0 saturated carbocycles. The predicted molar refractivity (Wildman–Crippen MR) is 67.0 cm³/mol. The number of rotatable bonds is 3. The van der Waals surface area contributed by atoms with Crippen molar-refractivity contribution in [2.45, 2.75) is 51.3 Å². The molecule has 5 nitrogen and oxygen atoms in total. The molecule has 2 unspecified atom stereocenters. The summed E-state index contributed by atoms with van der Waals surface area (Å²) in [4.78, 5) is 28.1. The Kier molecular flexibility index (Phi) is 3.36. The van der Waals surface area contributed by atoms with Crippen LogP contribution in [-0.2, 0) is 14.3 Å². The first-order valence-electron chi connectivity index (χ1n) is 6.53. The Morgan fingerprint density at radius 3 is 2.61 bits per heavy atom. The number of fused-ring (bicyclic) bond motifs is 1. The van der Waals surface area contributed by atoms with Gasteiger partial charge in [-0.2, -0.15) is 0 Å². The normalized spacial score (nSPS) is 28.9. The Morgan fingerprint density at radius 2 is 2.00 bits per heavy atom. The van der Waals surface area contributed by atoms with E-state index in [0.29, 0.717) is 6.54 Å². The van der Waals surface area contributed by atoms with Crippen molar-refractivity contribution in [3.63, 3.8) is 0 Å². The van der Waals surface area contributed by atoms with Gasteiger partial charge in [0.15, 0.2) is 0 Å². The van der Waals surface area contributed by atoms with E-state index in [9.17, 15) is 9.59 Å². The molecule has 2 aliphatic rings. The summed E-state index contributed by atoms with van der Waals surface area (Å²) in [5.74, 6) is 0.147. The van der Waals surface area contributed by atoms with Crippen molar-refractivity contribution in [2.24, 2.45) is 0 Å². The Labute approximate surface area is 108 Å². The van der Waals surface area contributed by atoms with E-state index < -0.39 is 5.60 Å². The number of hydrogen-bond acceptors (Lipinski definition) is 3. The third-order valence-electron chi connectivity index (χ3n) is 4.03. The van der Waals surface area contributed by atoms with Gasteiger partial charge < -0.3 is 14.5 Å². The van der Waals surface area contributed by atoms with E-state index >= 15 is 0 Å². The molecule has 0 radical (unpaired) electrons. The second kappa shape index (κ2) is 4.53. The summed E-state index contributed by atoms with van der Waals surface area (Å²) in [7, 11) is 1.63. The fraction of sp³-hybridized carbons (Fsp3) is 0.846. The first kappa shape index (κ1) is 13.3. The zero-order chi connectivity index (χ0) is 13.5. The second-order valence-electron chi connectivity index (χ2n) is 5.80. The van der Waals surface area contributed by atoms with E-state index in [-0.39, 0.29) is 23.9 Å². The highest BCUT2D eigenvalue weighted by Crippen LogP contribution is 2.28. The maximum atomic E-state index is 12.4. The van der Waals surface area contributed by atoms with Gasteiger partial charge >= 0.3 is 0 Å². The van der Waals surface area contributed by atoms with Crippen molar-refractivity contribution in [3.05, 3.63) is 0 Å². The number of carbonyl (C=O) groups is 2. The van der Waals surface area contributed by atoms with E-state index in [4.69, 9.17) is 4.74 Å². The lowest BCUT2D eigenvalue weighted by Crippen LogP contribution is -2.63. The zero-order valence-corrected chi connectivity index (χ0v) is 11.6. The van der Waals surface area contributed by atoms with Crippen LogP contribution in [0.4, 0.5) is 0 Å². The molecule has 102 valence electrons. The van der Waals surface area contributed by atoms with Gasteiger partial charge in [-0.3, -0.25) is 9.59 Å². The van der Waals surface area contributed by atoms with Crippen molar-refractivity contribution < 1.29 is 14.3 Å². The van der Waals surface area contributed by atoms with E-state index in [1.165, 1.54) is 0 Å². The standard InChI is InChI=1S/C13H22N2O3/c1-9-11(16)14-7-5-6-10(14)12(17)15(9)8-13(2,3)18-4/h9-10H,5-8H2,1-4H3. The van der Waals surface area contributed by atoms with Crippen LogP contribution in [0, 0.1) is 0 Å². The molecule has 2 atom stereocenters. The summed E-state index contributed by atoms with van der Waals surface area (Å²) in [6, 6.07) is -0.609. The van der Waals surface area contributed by atoms with Crippen LogP contribution in [0.2, 0.25) is 0 Å². The van der Waals surface area contributed by atoms with Crippen LogP contribution >= 0.6 is 0 Å². The molecule has 0 aliphatic carbocycles. The van der Waals surface area contributed by atoms with E-state index in [2.05, 4.69) is 0 Å². The van der Waals surface area contributed by atoms with Crippen LogP contribution in [0.1, 0.15) is 33.6 Å². The summed E-state index contributed by atoms with van der Waals surface area (Å²) < 4.78 is 5.36. The molecule has 2 amide bonds. The molecule has 0 aromatic heterocycles. The first-order valence-corrected chi connectivity index (χ1v) is 6.53. The van der Waals surface area contributed by atoms with Crippen LogP contribution in [0.15, 0.2) is 0 Å². The van der Waals surface area contributed by atoms with Gasteiger partial charge in [0, 0.05) is 20.2 Å². The number of methoxy groups -OCH3 is 1. The lowest BCUT2D eigenvalue weighted by atomic mass is 10.0. The maximum absolute atomic E-state index is 12.4. The van der Waals surface area contributed by atoms with Crippen molar-refractivity contribution >= 4 is 11.8 Å². The van der Waals surface area contributed by atoms with Crippen molar-refractivity contribution in [1.82, 2.24) is 9.80 Å². The van der Waals surface area contributed by atoms with Crippen LogP contribution in [0.25, 0.3) is 0 Å². The fourth-order valence-corrected chi connectivity index (χ4v) is 2.73. The highest BCUT2D eigenvalue weighted by atomic mass is 16.5. The smallest absolute Gasteiger partial charge is 0.246 e. The molecule has 5 heteroatoms. The van der Waals surface area contributed by atoms with Crippen LogP contribution in [0.3, 0.4) is 0 Å². The number of piperazine rings is 1. The summed E-state index contributed by atoms with van der Waals surface area (Å²) in [5.41, 5.74) is -0.426. The van der Waals surface area contributed by atoms with Crippen LogP contribution in [0.5, 0.6) is 0 Å². The molecule has 2 heterocycles. The summed E-state index contributed by atoms with van der Waals surface area (Å²) in [6.07, 6.45) is 1.72. The first-order chi connectivity index (χ1) is 8.37. The van der Waals surface area contributed by atoms with Crippen molar-refractivity contribution in [1.29, 1.82) is 0 Å². The molecule has 0 N–H and O–H groups in total. The van der Waals surface area contributed by atoms with Gasteiger partial charge in [-0.1, -0.05) is 0 Å². The van der Waals surface area contributed by atoms with Crippen molar-refractivity contribution in [3.8, 4) is 0 Å². The summed E-state index contributed by atoms with van der Waals surface area (Å²) in [5, 5.41) is 0. The second-order valence-corrected chi connectivity index (χ2v) is 5.80. The average molecular weight is 254 g/mol. The third-order valence-corrected chi connectivity index (χ3v) is 4.03. The van der Waals surface area contributed by atoms with Gasteiger partial charge in [-0.05, 0) is 33.6 Å². The highest BCUT2D eigenvalue weighted by Gasteiger charge is 2.47. The Hall–Kier alpha value is -1.10. The number of ether oxygens (including phenoxy) is 1. The molecule has 2 rings (SSSR count).